The molecule has 8 nitrogen and oxygen atoms in total. The van der Waals surface area contributed by atoms with Crippen LogP contribution in [0.4, 0.5) is 9.18 Å². The Labute approximate surface area is 197 Å². The maximum Gasteiger partial charge on any atom is 0.322 e. The molecular weight excluding hydrogens is 439 g/mol. The Morgan fingerprint density at radius 1 is 1.21 bits per heavy atom. The van der Waals surface area contributed by atoms with Gasteiger partial charge in [-0.05, 0) is 50.1 Å². The maximum atomic E-state index is 14.0. The quantitative estimate of drug-likeness (QED) is 0.455. The molecule has 0 aliphatic carbocycles. The molecule has 1 aromatic heterocycles. The van der Waals surface area contributed by atoms with Crippen LogP contribution >= 0.6 is 0 Å². The van der Waals surface area contributed by atoms with Gasteiger partial charge in [0.25, 0.3) is 5.89 Å². The van der Waals surface area contributed by atoms with Gasteiger partial charge in [0, 0.05) is 31.0 Å². The van der Waals surface area contributed by atoms with E-state index in [-0.39, 0.29) is 11.9 Å². The number of carbonyl (C=O) groups excluding carboxylic acids is 1. The van der Waals surface area contributed by atoms with Crippen molar-refractivity contribution >= 4 is 11.6 Å². The molecule has 9 heteroatoms. The average molecular weight is 467 g/mol. The van der Waals surface area contributed by atoms with Gasteiger partial charge in [0.2, 0.25) is 5.82 Å². The number of hydrogen-bond acceptors (Lipinski definition) is 6. The minimum Gasteiger partial charge on any atom is -0.497 e. The van der Waals surface area contributed by atoms with Crippen LogP contribution in [0.5, 0.6) is 5.75 Å². The molecule has 1 aliphatic heterocycles. The van der Waals surface area contributed by atoms with Gasteiger partial charge in [-0.3, -0.25) is 4.90 Å². The predicted molar refractivity (Wildman–Crippen MR) is 124 cm³/mol. The minimum absolute atomic E-state index is 0.249. The second-order valence-electron chi connectivity index (χ2n) is 7.79. The van der Waals surface area contributed by atoms with E-state index in [9.17, 15) is 9.18 Å². The number of halogens is 1. The van der Waals surface area contributed by atoms with Gasteiger partial charge < -0.3 is 19.3 Å². The number of methoxy groups -OCH3 is 1. The Hall–Kier alpha value is -3.72. The van der Waals surface area contributed by atoms with E-state index in [2.05, 4.69) is 15.5 Å². The van der Waals surface area contributed by atoms with Crippen molar-refractivity contribution in [1.82, 2.24) is 20.4 Å². The summed E-state index contributed by atoms with van der Waals surface area (Å²) in [5.41, 5.74) is 2.58. The van der Waals surface area contributed by atoms with Crippen LogP contribution in [0.1, 0.15) is 37.8 Å². The lowest BCUT2D eigenvalue weighted by Gasteiger charge is -2.35. The first-order valence-corrected chi connectivity index (χ1v) is 11.1. The van der Waals surface area contributed by atoms with Gasteiger partial charge in [-0.2, -0.15) is 4.98 Å². The van der Waals surface area contributed by atoms with Crippen molar-refractivity contribution < 1.29 is 23.2 Å². The lowest BCUT2D eigenvalue weighted by Crippen LogP contribution is -2.46. The van der Waals surface area contributed by atoms with Crippen molar-refractivity contribution in [3.05, 3.63) is 71.5 Å². The molecule has 0 fully saturated rings. The highest BCUT2D eigenvalue weighted by atomic mass is 19.1. The number of ether oxygens (including phenoxy) is 2. The molecule has 4 rings (SSSR count). The molecule has 0 radical (unpaired) electrons. The monoisotopic (exact) mass is 466 g/mol. The third-order valence-corrected chi connectivity index (χ3v) is 5.64. The predicted octanol–water partition coefficient (Wildman–Crippen LogP) is 4.81. The molecule has 178 valence electrons. The lowest BCUT2D eigenvalue weighted by atomic mass is 9.94. The van der Waals surface area contributed by atoms with Crippen molar-refractivity contribution in [2.45, 2.75) is 26.3 Å². The zero-order valence-corrected chi connectivity index (χ0v) is 19.4. The van der Waals surface area contributed by atoms with Gasteiger partial charge in [-0.1, -0.05) is 29.4 Å². The minimum atomic E-state index is -0.648. The van der Waals surface area contributed by atoms with Crippen LogP contribution in [0, 0.1) is 5.82 Å². The number of benzene rings is 2. The number of allylic oxidation sites excluding steroid dienone is 1. The van der Waals surface area contributed by atoms with Gasteiger partial charge in [0.1, 0.15) is 11.6 Å². The molecule has 0 bridgehead atoms. The summed E-state index contributed by atoms with van der Waals surface area (Å²) >= 11 is 0. The third-order valence-electron chi connectivity index (χ3n) is 5.64. The van der Waals surface area contributed by atoms with Crippen molar-refractivity contribution in [1.29, 1.82) is 0 Å². The SMILES string of the molecule is CCOCCCN1C(=O)NC(c2cccc(F)c2)C(c2nc(-c3cccc(OC)c3)no2)=C1C. The number of nitrogens with zero attached hydrogens (tertiary/aromatic N) is 3. The fraction of sp³-hybridized carbons (Fsp3) is 0.320. The summed E-state index contributed by atoms with van der Waals surface area (Å²) in [7, 11) is 1.59. The van der Waals surface area contributed by atoms with E-state index in [4.69, 9.17) is 14.0 Å². The largest absolute Gasteiger partial charge is 0.497 e. The van der Waals surface area contributed by atoms with Gasteiger partial charge in [0.05, 0.1) is 18.7 Å². The number of nitrogens with one attached hydrogen (secondary N) is 1. The van der Waals surface area contributed by atoms with Crippen LogP contribution in [0.3, 0.4) is 0 Å². The first kappa shape index (κ1) is 23.4. The lowest BCUT2D eigenvalue weighted by molar-refractivity contribution is 0.136. The summed E-state index contributed by atoms with van der Waals surface area (Å²) in [4.78, 5) is 19.2. The summed E-state index contributed by atoms with van der Waals surface area (Å²) in [6, 6.07) is 12.5. The maximum absolute atomic E-state index is 14.0. The van der Waals surface area contributed by atoms with Gasteiger partial charge >= 0.3 is 6.03 Å². The Bertz CT molecular complexity index is 1190. The smallest absolute Gasteiger partial charge is 0.322 e. The number of amides is 2. The van der Waals surface area contributed by atoms with E-state index in [0.717, 1.165) is 5.56 Å². The first-order valence-electron chi connectivity index (χ1n) is 11.1. The van der Waals surface area contributed by atoms with Gasteiger partial charge in [-0.25, -0.2) is 9.18 Å². The first-order chi connectivity index (χ1) is 16.5. The molecule has 0 saturated carbocycles. The normalized spacial score (nSPS) is 16.1. The van der Waals surface area contributed by atoms with E-state index in [1.165, 1.54) is 12.1 Å². The molecule has 34 heavy (non-hydrogen) atoms. The molecular formula is C25H27FN4O4. The third kappa shape index (κ3) is 4.94. The van der Waals surface area contributed by atoms with Crippen molar-refractivity contribution in [3.63, 3.8) is 0 Å². The second-order valence-corrected chi connectivity index (χ2v) is 7.79. The summed E-state index contributed by atoms with van der Waals surface area (Å²) < 4.78 is 30.4. The van der Waals surface area contributed by atoms with E-state index < -0.39 is 11.9 Å². The van der Waals surface area contributed by atoms with Crippen LogP contribution in [-0.4, -0.2) is 47.9 Å². The molecule has 1 aliphatic rings. The highest BCUT2D eigenvalue weighted by Gasteiger charge is 2.35. The molecule has 2 heterocycles. The molecule has 1 atom stereocenters. The standard InChI is InChI=1S/C25H27FN4O4/c1-4-33-13-7-12-30-16(2)21(22(27-25(30)31)17-8-5-10-19(26)14-17)24-28-23(29-34-24)18-9-6-11-20(15-18)32-3/h5-6,8-11,14-15,22H,4,7,12-13H2,1-3H3,(H,27,31). The highest BCUT2D eigenvalue weighted by molar-refractivity contribution is 5.86. The summed E-state index contributed by atoms with van der Waals surface area (Å²) in [6.45, 7) is 5.36. The number of rotatable bonds is 9. The summed E-state index contributed by atoms with van der Waals surface area (Å²) in [6.07, 6.45) is 0.662. The van der Waals surface area contributed by atoms with Crippen LogP contribution < -0.4 is 10.1 Å². The molecule has 1 unspecified atom stereocenters. The van der Waals surface area contributed by atoms with E-state index in [1.54, 1.807) is 24.1 Å². The summed E-state index contributed by atoms with van der Waals surface area (Å²) in [5.74, 6) is 0.902. The Morgan fingerprint density at radius 3 is 2.79 bits per heavy atom. The highest BCUT2D eigenvalue weighted by Crippen LogP contribution is 2.37. The van der Waals surface area contributed by atoms with E-state index >= 15 is 0 Å². The van der Waals surface area contributed by atoms with E-state index in [0.29, 0.717) is 54.6 Å². The zero-order valence-electron chi connectivity index (χ0n) is 19.4. The van der Waals surface area contributed by atoms with E-state index in [1.807, 2.05) is 38.1 Å². The molecule has 0 spiro atoms. The second kappa shape index (κ2) is 10.5. The Balaban J connectivity index is 1.74. The zero-order chi connectivity index (χ0) is 24.1. The van der Waals surface area contributed by atoms with Crippen LogP contribution in [0.25, 0.3) is 17.0 Å². The number of hydrogen-bond donors (Lipinski definition) is 1. The number of aromatic nitrogens is 2. The van der Waals surface area contributed by atoms with Gasteiger partial charge in [0.15, 0.2) is 0 Å². The van der Waals surface area contributed by atoms with Crippen molar-refractivity contribution in [2.24, 2.45) is 0 Å². The van der Waals surface area contributed by atoms with Crippen LogP contribution in [0.2, 0.25) is 0 Å². The van der Waals surface area contributed by atoms with Crippen molar-refractivity contribution in [3.8, 4) is 17.1 Å². The Morgan fingerprint density at radius 2 is 2.03 bits per heavy atom. The molecule has 0 saturated heterocycles. The van der Waals surface area contributed by atoms with Crippen LogP contribution in [0.15, 0.2) is 58.8 Å². The fourth-order valence-corrected chi connectivity index (χ4v) is 3.95. The molecule has 1 N–H and O–H groups in total. The molecule has 2 aromatic carbocycles. The van der Waals surface area contributed by atoms with Crippen LogP contribution in [-0.2, 0) is 4.74 Å². The summed E-state index contributed by atoms with van der Waals surface area (Å²) in [5, 5.41) is 7.12. The molecule has 2 amide bonds. The van der Waals surface area contributed by atoms with Crippen molar-refractivity contribution in [2.75, 3.05) is 26.9 Å². The molecule has 3 aromatic rings. The number of carbonyl (C=O) groups is 1. The Kier molecular flexibility index (Phi) is 7.22. The number of urea groups is 1. The fourth-order valence-electron chi connectivity index (χ4n) is 3.95. The van der Waals surface area contributed by atoms with Gasteiger partial charge in [-0.15, -0.1) is 0 Å². The average Bonchev–Trinajstić information content (AvgIpc) is 3.33. The topological polar surface area (TPSA) is 89.7 Å².